The number of carbonyl (C=O) groups excluding carboxylic acids is 1. The van der Waals surface area contributed by atoms with Crippen molar-refractivity contribution < 1.29 is 13.2 Å². The summed E-state index contributed by atoms with van der Waals surface area (Å²) in [5.74, 6) is 0.445. The van der Waals surface area contributed by atoms with E-state index in [1.54, 1.807) is 0 Å². The number of sulfone groups is 1. The van der Waals surface area contributed by atoms with Crippen molar-refractivity contribution in [2.24, 2.45) is 0 Å². The van der Waals surface area contributed by atoms with E-state index in [2.05, 4.69) is 13.0 Å². The molecule has 0 N–H and O–H groups in total. The predicted molar refractivity (Wildman–Crippen MR) is 98.4 cm³/mol. The van der Waals surface area contributed by atoms with Crippen LogP contribution >= 0.6 is 11.8 Å². The van der Waals surface area contributed by atoms with Crippen LogP contribution in [0.15, 0.2) is 29.2 Å². The summed E-state index contributed by atoms with van der Waals surface area (Å²) in [6.45, 7) is 3.15. The Morgan fingerprint density at radius 1 is 1.33 bits per heavy atom. The average Bonchev–Trinajstić information content (AvgIpc) is 2.79. The van der Waals surface area contributed by atoms with Gasteiger partial charge in [-0.3, -0.25) is 9.69 Å². The van der Waals surface area contributed by atoms with E-state index in [4.69, 9.17) is 0 Å². The Bertz CT molecular complexity index is 720. The van der Waals surface area contributed by atoms with Gasteiger partial charge in [-0.1, -0.05) is 19.1 Å². The minimum absolute atomic E-state index is 0.0453. The van der Waals surface area contributed by atoms with Gasteiger partial charge in [-0.05, 0) is 32.0 Å². The Labute approximate surface area is 148 Å². The molecule has 1 fully saturated rings. The van der Waals surface area contributed by atoms with Gasteiger partial charge in [-0.25, -0.2) is 8.42 Å². The molecular formula is C17H24N2O3S2. The molecule has 0 aromatic heterocycles. The molecule has 3 rings (SSSR count). The third kappa shape index (κ3) is 3.95. The number of hydrogen-bond acceptors (Lipinski definition) is 5. The van der Waals surface area contributed by atoms with Crippen LogP contribution in [-0.4, -0.2) is 62.2 Å². The van der Waals surface area contributed by atoms with Crippen molar-refractivity contribution in [2.75, 3.05) is 36.5 Å². The Balaban J connectivity index is 1.73. The SMILES string of the molecule is C[C@H]1CCN(C(=O)CN(C)[C@H]2CCS(=O)(=O)C2)c2ccccc2S1. The number of hydrogen-bond donors (Lipinski definition) is 0. The summed E-state index contributed by atoms with van der Waals surface area (Å²) in [6, 6.07) is 7.98. The first-order valence-electron chi connectivity index (χ1n) is 8.32. The summed E-state index contributed by atoms with van der Waals surface area (Å²) in [4.78, 5) is 17.8. The van der Waals surface area contributed by atoms with Crippen molar-refractivity contribution >= 4 is 33.2 Å². The van der Waals surface area contributed by atoms with Gasteiger partial charge in [0, 0.05) is 22.7 Å². The second-order valence-electron chi connectivity index (χ2n) is 6.70. The zero-order valence-corrected chi connectivity index (χ0v) is 15.8. The van der Waals surface area contributed by atoms with E-state index < -0.39 is 9.84 Å². The van der Waals surface area contributed by atoms with Gasteiger partial charge < -0.3 is 4.90 Å². The number of para-hydroxylation sites is 1. The lowest BCUT2D eigenvalue weighted by Crippen LogP contribution is -2.43. The molecule has 2 aliphatic rings. The van der Waals surface area contributed by atoms with Gasteiger partial charge in [0.1, 0.15) is 0 Å². The third-order valence-electron chi connectivity index (χ3n) is 4.76. The van der Waals surface area contributed by atoms with E-state index in [1.165, 1.54) is 0 Å². The zero-order chi connectivity index (χ0) is 17.3. The molecule has 0 aliphatic carbocycles. The number of fused-ring (bicyclic) bond motifs is 1. The van der Waals surface area contributed by atoms with Crippen LogP contribution < -0.4 is 4.90 Å². The highest BCUT2D eigenvalue weighted by molar-refractivity contribution is 8.00. The number of amides is 1. The fourth-order valence-corrected chi connectivity index (χ4v) is 6.21. The average molecular weight is 369 g/mol. The molecule has 1 aromatic rings. The molecule has 1 saturated heterocycles. The quantitative estimate of drug-likeness (QED) is 0.817. The fraction of sp³-hybridized carbons (Fsp3) is 0.588. The molecule has 1 amide bonds. The number of anilines is 1. The molecule has 1 aromatic carbocycles. The monoisotopic (exact) mass is 368 g/mol. The van der Waals surface area contributed by atoms with Crippen LogP contribution in [0.25, 0.3) is 0 Å². The Hall–Kier alpha value is -1.05. The molecule has 0 unspecified atom stereocenters. The van der Waals surface area contributed by atoms with Crippen molar-refractivity contribution in [3.8, 4) is 0 Å². The first-order chi connectivity index (χ1) is 11.4. The van der Waals surface area contributed by atoms with E-state index in [0.717, 1.165) is 17.0 Å². The highest BCUT2D eigenvalue weighted by atomic mass is 32.2. The number of carbonyl (C=O) groups is 1. The van der Waals surface area contributed by atoms with Gasteiger partial charge in [-0.15, -0.1) is 11.8 Å². The Morgan fingerprint density at radius 3 is 2.79 bits per heavy atom. The zero-order valence-electron chi connectivity index (χ0n) is 14.1. The van der Waals surface area contributed by atoms with Crippen LogP contribution in [0.3, 0.4) is 0 Å². The third-order valence-corrected chi connectivity index (χ3v) is 7.75. The van der Waals surface area contributed by atoms with Gasteiger partial charge in [0.05, 0.1) is 23.7 Å². The lowest BCUT2D eigenvalue weighted by atomic mass is 10.2. The van der Waals surface area contributed by atoms with Crippen molar-refractivity contribution in [1.82, 2.24) is 4.90 Å². The maximum absolute atomic E-state index is 12.9. The largest absolute Gasteiger partial charge is 0.310 e. The van der Waals surface area contributed by atoms with Crippen molar-refractivity contribution in [2.45, 2.75) is 36.0 Å². The van der Waals surface area contributed by atoms with Crippen LogP contribution in [0, 0.1) is 0 Å². The van der Waals surface area contributed by atoms with Gasteiger partial charge in [-0.2, -0.15) is 0 Å². The highest BCUT2D eigenvalue weighted by Crippen LogP contribution is 2.37. The number of rotatable bonds is 3. The molecule has 7 heteroatoms. The van der Waals surface area contributed by atoms with Gasteiger partial charge in [0.15, 0.2) is 9.84 Å². The van der Waals surface area contributed by atoms with Crippen molar-refractivity contribution in [3.63, 3.8) is 0 Å². The van der Waals surface area contributed by atoms with Crippen molar-refractivity contribution in [1.29, 1.82) is 0 Å². The summed E-state index contributed by atoms with van der Waals surface area (Å²) < 4.78 is 23.3. The van der Waals surface area contributed by atoms with Crippen LogP contribution in [-0.2, 0) is 14.6 Å². The van der Waals surface area contributed by atoms with Gasteiger partial charge in [0.2, 0.25) is 5.91 Å². The lowest BCUT2D eigenvalue weighted by Gasteiger charge is -2.28. The summed E-state index contributed by atoms with van der Waals surface area (Å²) >= 11 is 1.81. The molecule has 2 heterocycles. The van der Waals surface area contributed by atoms with E-state index in [9.17, 15) is 13.2 Å². The minimum atomic E-state index is -2.93. The first-order valence-corrected chi connectivity index (χ1v) is 11.0. The summed E-state index contributed by atoms with van der Waals surface area (Å²) in [6.07, 6.45) is 1.57. The summed E-state index contributed by atoms with van der Waals surface area (Å²) in [5, 5.41) is 0.474. The summed E-state index contributed by atoms with van der Waals surface area (Å²) in [5.41, 5.74) is 0.976. The molecule has 0 saturated carbocycles. The molecule has 24 heavy (non-hydrogen) atoms. The molecule has 2 atom stereocenters. The lowest BCUT2D eigenvalue weighted by molar-refractivity contribution is -0.119. The normalized spacial score (nSPS) is 26.2. The van der Waals surface area contributed by atoms with Crippen molar-refractivity contribution in [3.05, 3.63) is 24.3 Å². The Morgan fingerprint density at radius 2 is 2.08 bits per heavy atom. The highest BCUT2D eigenvalue weighted by Gasteiger charge is 2.32. The number of nitrogens with zero attached hydrogens (tertiary/aromatic N) is 2. The second-order valence-corrected chi connectivity index (χ2v) is 10.4. The first kappa shape index (κ1) is 17.8. The fourth-order valence-electron chi connectivity index (χ4n) is 3.30. The van der Waals surface area contributed by atoms with Crippen LogP contribution in [0.4, 0.5) is 5.69 Å². The molecule has 2 aliphatic heterocycles. The van der Waals surface area contributed by atoms with Crippen LogP contribution in [0.1, 0.15) is 19.8 Å². The smallest absolute Gasteiger partial charge is 0.241 e. The number of likely N-dealkylation sites (N-methyl/N-ethyl adjacent to an activating group) is 1. The molecule has 0 bridgehead atoms. The summed E-state index contributed by atoms with van der Waals surface area (Å²) in [7, 11) is -1.08. The van der Waals surface area contributed by atoms with Crippen LogP contribution in [0.5, 0.6) is 0 Å². The second kappa shape index (κ2) is 7.06. The number of thioether (sulfide) groups is 1. The molecule has 0 spiro atoms. The topological polar surface area (TPSA) is 57.7 Å². The van der Waals surface area contributed by atoms with E-state index in [-0.39, 0.29) is 30.0 Å². The van der Waals surface area contributed by atoms with E-state index >= 15 is 0 Å². The molecule has 132 valence electrons. The Kier molecular flexibility index (Phi) is 5.22. The molecular weight excluding hydrogens is 344 g/mol. The van der Waals surface area contributed by atoms with E-state index in [1.807, 2.05) is 46.8 Å². The van der Waals surface area contributed by atoms with Crippen LogP contribution in [0.2, 0.25) is 0 Å². The van der Waals surface area contributed by atoms with Gasteiger partial charge >= 0.3 is 0 Å². The van der Waals surface area contributed by atoms with E-state index in [0.29, 0.717) is 18.2 Å². The minimum Gasteiger partial charge on any atom is -0.310 e. The number of benzene rings is 1. The maximum Gasteiger partial charge on any atom is 0.241 e. The standard InChI is InChI=1S/C17H24N2O3S2/c1-13-7-9-19(15-5-3-4-6-16(15)23-13)17(20)11-18(2)14-8-10-24(21,22)12-14/h3-6,13-14H,7-12H2,1-2H3/t13-,14-/m0/s1. The van der Waals surface area contributed by atoms with Gasteiger partial charge in [0.25, 0.3) is 0 Å². The molecule has 0 radical (unpaired) electrons. The molecule has 5 nitrogen and oxygen atoms in total. The predicted octanol–water partition coefficient (Wildman–Crippen LogP) is 2.02. The maximum atomic E-state index is 12.9.